The molecule has 0 spiro atoms. The standard InChI is InChI=1S/C23H31N7O4S/c1-22(2,3)34-21(32)29-8-7-16(23(4,5)12-29)26-17-14(18(24)31)10-25-30-11-13(9-15(17)30)19-27-28-20(33-19)35-6/h9-11,16,26H,7-8,12H2,1-6H3,(H2,24,31). The smallest absolute Gasteiger partial charge is 0.410 e. The van der Waals surface area contributed by atoms with E-state index in [1.807, 2.05) is 33.1 Å². The number of nitrogens with zero attached hydrogens (tertiary/aromatic N) is 5. The molecule has 0 saturated carbocycles. The number of ether oxygens (including phenoxy) is 1. The fourth-order valence-corrected chi connectivity index (χ4v) is 4.49. The second kappa shape index (κ2) is 9.06. The van der Waals surface area contributed by atoms with E-state index in [0.29, 0.717) is 47.4 Å². The Morgan fingerprint density at radius 2 is 2.06 bits per heavy atom. The van der Waals surface area contributed by atoms with Crippen LogP contribution in [0.1, 0.15) is 51.4 Å². The molecule has 0 bridgehead atoms. The third-order valence-corrected chi connectivity index (χ3v) is 6.44. The molecule has 2 amide bonds. The summed E-state index contributed by atoms with van der Waals surface area (Å²) >= 11 is 1.36. The van der Waals surface area contributed by atoms with Crippen LogP contribution in [0.5, 0.6) is 0 Å². The van der Waals surface area contributed by atoms with E-state index in [2.05, 4.69) is 34.5 Å². The zero-order valence-electron chi connectivity index (χ0n) is 20.8. The summed E-state index contributed by atoms with van der Waals surface area (Å²) in [5, 5.41) is 16.4. The van der Waals surface area contributed by atoms with Crippen LogP contribution >= 0.6 is 11.8 Å². The van der Waals surface area contributed by atoms with Gasteiger partial charge in [0.2, 0.25) is 5.89 Å². The van der Waals surface area contributed by atoms with Gasteiger partial charge in [-0.3, -0.25) is 4.79 Å². The number of nitrogens with one attached hydrogen (secondary N) is 1. The van der Waals surface area contributed by atoms with Crippen molar-refractivity contribution in [2.45, 2.75) is 57.9 Å². The molecular formula is C23H31N7O4S. The lowest BCUT2D eigenvalue weighted by Gasteiger charge is -2.45. The Hall–Kier alpha value is -3.28. The average Bonchev–Trinajstić information content (AvgIpc) is 3.40. The number of hydrogen-bond donors (Lipinski definition) is 2. The number of fused-ring (bicyclic) bond motifs is 1. The molecule has 3 aromatic heterocycles. The largest absolute Gasteiger partial charge is 0.444 e. The van der Waals surface area contributed by atoms with Crippen LogP contribution in [0.4, 0.5) is 10.5 Å². The lowest BCUT2D eigenvalue weighted by atomic mass is 9.79. The van der Waals surface area contributed by atoms with Crippen molar-refractivity contribution in [2.24, 2.45) is 11.1 Å². The first-order valence-corrected chi connectivity index (χ1v) is 12.5. The summed E-state index contributed by atoms with van der Waals surface area (Å²) in [5.74, 6) is -0.228. The summed E-state index contributed by atoms with van der Waals surface area (Å²) < 4.78 is 12.9. The van der Waals surface area contributed by atoms with Crippen molar-refractivity contribution in [1.29, 1.82) is 0 Å². The number of rotatable bonds is 5. The second-order valence-electron chi connectivity index (χ2n) is 10.3. The SMILES string of the molecule is CSc1nnc(-c2cc3c(NC4CCN(C(=O)OC(C)(C)C)CC4(C)C)c(C(N)=O)cnn3c2)o1. The first-order valence-electron chi connectivity index (χ1n) is 11.3. The fraction of sp³-hybridized carbons (Fsp3) is 0.522. The highest BCUT2D eigenvalue weighted by Gasteiger charge is 2.39. The molecule has 1 fully saturated rings. The summed E-state index contributed by atoms with van der Waals surface area (Å²) in [6.07, 6.45) is 5.40. The van der Waals surface area contributed by atoms with Crippen molar-refractivity contribution < 1.29 is 18.7 Å². The van der Waals surface area contributed by atoms with Gasteiger partial charge in [-0.05, 0) is 39.5 Å². The van der Waals surface area contributed by atoms with Crippen molar-refractivity contribution in [3.05, 3.63) is 24.0 Å². The second-order valence-corrected chi connectivity index (χ2v) is 11.1. The molecule has 1 aliphatic rings. The molecule has 1 saturated heterocycles. The first kappa shape index (κ1) is 24.8. The molecule has 3 aromatic rings. The van der Waals surface area contributed by atoms with Gasteiger partial charge < -0.3 is 25.1 Å². The highest BCUT2D eigenvalue weighted by molar-refractivity contribution is 7.98. The van der Waals surface area contributed by atoms with Gasteiger partial charge in [0, 0.05) is 30.7 Å². The number of piperidine rings is 1. The number of amides is 2. The molecule has 4 heterocycles. The van der Waals surface area contributed by atoms with E-state index >= 15 is 0 Å². The van der Waals surface area contributed by atoms with Crippen molar-refractivity contribution >= 4 is 35.0 Å². The number of primary amides is 1. The van der Waals surface area contributed by atoms with Gasteiger partial charge in [-0.15, -0.1) is 10.2 Å². The van der Waals surface area contributed by atoms with E-state index in [9.17, 15) is 9.59 Å². The molecule has 11 nitrogen and oxygen atoms in total. The third-order valence-electron chi connectivity index (χ3n) is 5.93. The Bertz CT molecular complexity index is 1260. The van der Waals surface area contributed by atoms with Crippen LogP contribution in [0.15, 0.2) is 28.1 Å². The van der Waals surface area contributed by atoms with E-state index in [0.717, 1.165) is 0 Å². The van der Waals surface area contributed by atoms with Crippen molar-refractivity contribution in [3.63, 3.8) is 0 Å². The summed E-state index contributed by atoms with van der Waals surface area (Å²) in [6.45, 7) is 10.7. The number of anilines is 1. The Morgan fingerprint density at radius 1 is 1.31 bits per heavy atom. The highest BCUT2D eigenvalue weighted by atomic mass is 32.2. The van der Waals surface area contributed by atoms with Gasteiger partial charge in [-0.2, -0.15) is 5.10 Å². The molecule has 3 N–H and O–H groups in total. The normalized spacial score (nSPS) is 18.0. The maximum absolute atomic E-state index is 12.6. The van der Waals surface area contributed by atoms with Crippen LogP contribution in [0.3, 0.4) is 0 Å². The molecule has 0 aliphatic carbocycles. The van der Waals surface area contributed by atoms with Gasteiger partial charge in [-0.1, -0.05) is 25.6 Å². The molecule has 188 valence electrons. The molecule has 1 unspecified atom stereocenters. The molecule has 12 heteroatoms. The van der Waals surface area contributed by atoms with E-state index in [1.54, 1.807) is 15.6 Å². The predicted octanol–water partition coefficient (Wildman–Crippen LogP) is 3.65. The number of hydrogen-bond acceptors (Lipinski definition) is 9. The van der Waals surface area contributed by atoms with Crippen LogP contribution in [0, 0.1) is 5.41 Å². The van der Waals surface area contributed by atoms with Crippen molar-refractivity contribution in [2.75, 3.05) is 24.7 Å². The number of thioether (sulfide) groups is 1. The van der Waals surface area contributed by atoms with E-state index in [-0.39, 0.29) is 23.1 Å². The Labute approximate surface area is 207 Å². The molecule has 4 rings (SSSR count). The summed E-state index contributed by atoms with van der Waals surface area (Å²) in [7, 11) is 0. The highest BCUT2D eigenvalue weighted by Crippen LogP contribution is 2.36. The van der Waals surface area contributed by atoms with Gasteiger partial charge in [0.1, 0.15) is 5.60 Å². The predicted molar refractivity (Wildman–Crippen MR) is 132 cm³/mol. The van der Waals surface area contributed by atoms with Crippen LogP contribution in [-0.2, 0) is 4.74 Å². The molecule has 0 aromatic carbocycles. The van der Waals surface area contributed by atoms with Crippen molar-refractivity contribution in [3.8, 4) is 11.5 Å². The van der Waals surface area contributed by atoms with E-state index in [4.69, 9.17) is 14.9 Å². The molecule has 0 radical (unpaired) electrons. The van der Waals surface area contributed by atoms with Gasteiger partial charge in [0.05, 0.1) is 28.5 Å². The Balaban J connectivity index is 1.64. The Kier molecular flexibility index (Phi) is 6.43. The zero-order chi connectivity index (χ0) is 25.5. The van der Waals surface area contributed by atoms with Gasteiger partial charge >= 0.3 is 6.09 Å². The lowest BCUT2D eigenvalue weighted by Crippen LogP contribution is -2.54. The van der Waals surface area contributed by atoms with Crippen LogP contribution in [0.2, 0.25) is 0 Å². The topological polar surface area (TPSA) is 141 Å². The fourth-order valence-electron chi connectivity index (χ4n) is 4.20. The minimum atomic E-state index is -0.586. The van der Waals surface area contributed by atoms with Gasteiger partial charge in [0.25, 0.3) is 11.1 Å². The number of nitrogens with two attached hydrogens (primary N) is 1. The summed E-state index contributed by atoms with van der Waals surface area (Å²) in [5.41, 5.74) is 7.01. The third kappa shape index (κ3) is 5.21. The number of likely N-dealkylation sites (tertiary alicyclic amines) is 1. The monoisotopic (exact) mass is 501 g/mol. The zero-order valence-corrected chi connectivity index (χ0v) is 21.6. The lowest BCUT2D eigenvalue weighted by molar-refractivity contribution is 0.00691. The Morgan fingerprint density at radius 3 is 2.66 bits per heavy atom. The van der Waals surface area contributed by atoms with E-state index in [1.165, 1.54) is 18.0 Å². The average molecular weight is 502 g/mol. The van der Waals surface area contributed by atoms with Crippen LogP contribution in [-0.4, -0.2) is 67.7 Å². The maximum Gasteiger partial charge on any atom is 0.410 e. The molecular weight excluding hydrogens is 470 g/mol. The van der Waals surface area contributed by atoms with Crippen LogP contribution in [0.25, 0.3) is 17.0 Å². The number of aromatic nitrogens is 4. The summed E-state index contributed by atoms with van der Waals surface area (Å²) in [6, 6.07) is 1.79. The number of carbonyl (C=O) groups excluding carboxylic acids is 2. The quantitative estimate of drug-likeness (QED) is 0.501. The van der Waals surface area contributed by atoms with E-state index < -0.39 is 11.5 Å². The molecule has 1 aliphatic heterocycles. The van der Waals surface area contributed by atoms with Gasteiger partial charge in [0.15, 0.2) is 0 Å². The van der Waals surface area contributed by atoms with Crippen LogP contribution < -0.4 is 11.1 Å². The first-order chi connectivity index (χ1) is 16.4. The molecule has 1 atom stereocenters. The minimum absolute atomic E-state index is 0.0460. The molecule has 35 heavy (non-hydrogen) atoms. The number of carbonyl (C=O) groups is 2. The van der Waals surface area contributed by atoms with Gasteiger partial charge in [-0.25, -0.2) is 9.31 Å². The van der Waals surface area contributed by atoms with Crippen molar-refractivity contribution in [1.82, 2.24) is 24.7 Å². The minimum Gasteiger partial charge on any atom is -0.444 e. The summed E-state index contributed by atoms with van der Waals surface area (Å²) in [4.78, 5) is 26.6. The maximum atomic E-state index is 12.6.